The summed E-state index contributed by atoms with van der Waals surface area (Å²) in [5.41, 5.74) is 0. The van der Waals surface area contributed by atoms with Crippen molar-refractivity contribution >= 4 is 16.2 Å². The average molecular weight is 292 g/mol. The molecule has 1 aromatic rings. The molecule has 18 heavy (non-hydrogen) atoms. The number of methoxy groups -OCH3 is 1. The molecule has 1 rings (SSSR count). The summed E-state index contributed by atoms with van der Waals surface area (Å²) in [7, 11) is -8.59. The molecule has 0 heterocycles. The molecule has 1 aromatic carbocycles. The standard InChI is InChI=1S/C9H9F5O3S/c1-16-6-9(15)17-7-3-2-4-8(5-7)18(10,11,12,13)14/h2-5H,6H2,1H3. The van der Waals surface area contributed by atoms with Gasteiger partial charge in [-0.1, -0.05) is 25.5 Å². The van der Waals surface area contributed by atoms with Gasteiger partial charge in [0.05, 0.1) is 0 Å². The molecular weight excluding hydrogens is 283 g/mol. The van der Waals surface area contributed by atoms with Crippen LogP contribution in [0.25, 0.3) is 0 Å². The molecule has 0 aliphatic carbocycles. The third kappa shape index (κ3) is 4.15. The Labute approximate surface area is 99.2 Å². The molecule has 0 spiro atoms. The highest BCUT2D eigenvalue weighted by Gasteiger charge is 2.65. The van der Waals surface area contributed by atoms with E-state index in [1.54, 1.807) is 0 Å². The topological polar surface area (TPSA) is 35.5 Å². The Balaban J connectivity index is 3.05. The van der Waals surface area contributed by atoms with E-state index in [0.717, 1.165) is 12.1 Å². The van der Waals surface area contributed by atoms with Crippen molar-refractivity contribution in [3.05, 3.63) is 24.3 Å². The van der Waals surface area contributed by atoms with Crippen LogP contribution in [0.4, 0.5) is 19.4 Å². The summed E-state index contributed by atoms with van der Waals surface area (Å²) in [5, 5.41) is 0. The van der Waals surface area contributed by atoms with Crippen molar-refractivity contribution in [2.45, 2.75) is 4.90 Å². The predicted octanol–water partition coefficient (Wildman–Crippen LogP) is 3.90. The van der Waals surface area contributed by atoms with E-state index in [4.69, 9.17) is 0 Å². The molecule has 0 aliphatic rings. The van der Waals surface area contributed by atoms with Crippen LogP contribution in [0.5, 0.6) is 5.75 Å². The Morgan fingerprint density at radius 1 is 1.22 bits per heavy atom. The molecule has 0 unspecified atom stereocenters. The van der Waals surface area contributed by atoms with Crippen LogP contribution in [0.3, 0.4) is 0 Å². The summed E-state index contributed by atoms with van der Waals surface area (Å²) in [4.78, 5) is 8.81. The number of halogens is 5. The lowest BCUT2D eigenvalue weighted by Gasteiger charge is -2.40. The Morgan fingerprint density at radius 3 is 2.33 bits per heavy atom. The van der Waals surface area contributed by atoms with Crippen molar-refractivity contribution in [3.8, 4) is 5.75 Å². The molecule has 0 fully saturated rings. The highest BCUT2D eigenvalue weighted by Crippen LogP contribution is 3.02. The van der Waals surface area contributed by atoms with Gasteiger partial charge in [-0.05, 0) is 12.1 Å². The fourth-order valence-electron chi connectivity index (χ4n) is 1.06. The first-order chi connectivity index (χ1) is 7.92. The fourth-order valence-corrected chi connectivity index (χ4v) is 1.73. The molecule has 3 nitrogen and oxygen atoms in total. The number of ether oxygens (including phenoxy) is 2. The van der Waals surface area contributed by atoms with Crippen molar-refractivity contribution in [3.63, 3.8) is 0 Å². The minimum absolute atomic E-state index is 0.0785. The summed E-state index contributed by atoms with van der Waals surface area (Å²) in [5.74, 6) is -1.61. The van der Waals surface area contributed by atoms with Gasteiger partial charge < -0.3 is 9.47 Å². The van der Waals surface area contributed by atoms with E-state index in [9.17, 15) is 24.2 Å². The lowest BCUT2D eigenvalue weighted by Crippen LogP contribution is -2.14. The van der Waals surface area contributed by atoms with E-state index in [0.29, 0.717) is 0 Å². The molecule has 0 saturated heterocycles. The Bertz CT molecular complexity index is 470. The van der Waals surface area contributed by atoms with E-state index in [1.165, 1.54) is 7.11 Å². The number of hydrogen-bond donors (Lipinski definition) is 0. The van der Waals surface area contributed by atoms with Crippen molar-refractivity contribution in [2.75, 3.05) is 13.7 Å². The summed E-state index contributed by atoms with van der Waals surface area (Å²) in [6.45, 7) is -0.499. The zero-order chi connectivity index (χ0) is 14.1. The van der Waals surface area contributed by atoms with E-state index in [1.807, 2.05) is 0 Å². The first-order valence-electron chi connectivity index (χ1n) is 4.46. The molecule has 0 aliphatic heterocycles. The molecule has 9 heteroatoms. The molecule has 104 valence electrons. The number of benzene rings is 1. The summed E-state index contributed by atoms with van der Waals surface area (Å²) in [6, 6.07) is 1.98. The molecular formula is C9H9F5O3S. The highest BCUT2D eigenvalue weighted by atomic mass is 32.5. The molecule has 0 amide bonds. The van der Waals surface area contributed by atoms with Crippen LogP contribution in [-0.2, 0) is 9.53 Å². The van der Waals surface area contributed by atoms with Gasteiger partial charge >= 0.3 is 16.2 Å². The maximum absolute atomic E-state index is 12.4. The van der Waals surface area contributed by atoms with Crippen LogP contribution in [-0.4, -0.2) is 19.7 Å². The molecule has 0 aromatic heterocycles. The number of carbonyl (C=O) groups is 1. The molecule has 0 atom stereocenters. The van der Waals surface area contributed by atoms with Crippen molar-refractivity contribution < 1.29 is 33.7 Å². The monoisotopic (exact) mass is 292 g/mol. The van der Waals surface area contributed by atoms with Gasteiger partial charge in [-0.25, -0.2) is 4.79 Å². The summed E-state index contributed by atoms with van der Waals surface area (Å²) in [6.07, 6.45) is 0. The minimum atomic E-state index is -9.76. The molecule has 0 saturated carbocycles. The van der Waals surface area contributed by atoms with Gasteiger partial charge in [0.1, 0.15) is 17.3 Å². The molecule has 0 radical (unpaired) electrons. The first kappa shape index (κ1) is 14.7. The van der Waals surface area contributed by atoms with Gasteiger partial charge in [-0.15, -0.1) is 0 Å². The van der Waals surface area contributed by atoms with E-state index >= 15 is 0 Å². The van der Waals surface area contributed by atoms with Gasteiger partial charge in [-0.2, -0.15) is 0 Å². The van der Waals surface area contributed by atoms with Gasteiger partial charge in [0.15, 0.2) is 0 Å². The van der Waals surface area contributed by atoms with Crippen molar-refractivity contribution in [2.24, 2.45) is 0 Å². The van der Waals surface area contributed by atoms with Crippen LogP contribution in [0, 0.1) is 0 Å². The number of hydrogen-bond acceptors (Lipinski definition) is 3. The van der Waals surface area contributed by atoms with Crippen LogP contribution < -0.4 is 4.74 Å². The first-order valence-corrected chi connectivity index (χ1v) is 6.41. The third-order valence-corrected chi connectivity index (χ3v) is 2.89. The zero-order valence-electron chi connectivity index (χ0n) is 9.04. The van der Waals surface area contributed by atoms with Gasteiger partial charge in [-0.3, -0.25) is 0 Å². The number of rotatable bonds is 4. The summed E-state index contributed by atoms with van der Waals surface area (Å²) >= 11 is 0. The van der Waals surface area contributed by atoms with Gasteiger partial charge in [0, 0.05) is 13.2 Å². The van der Waals surface area contributed by atoms with Crippen LogP contribution in [0.2, 0.25) is 0 Å². The maximum Gasteiger partial charge on any atom is 0.337 e. The van der Waals surface area contributed by atoms with Crippen LogP contribution in [0.15, 0.2) is 29.2 Å². The SMILES string of the molecule is COCC(=O)Oc1cccc(S(F)(F)(F)(F)F)c1. The number of carbonyl (C=O) groups excluding carboxylic acids is 1. The third-order valence-electron chi connectivity index (χ3n) is 1.74. The van der Waals surface area contributed by atoms with Crippen LogP contribution >= 0.6 is 10.2 Å². The second kappa shape index (κ2) is 3.82. The highest BCUT2D eigenvalue weighted by molar-refractivity contribution is 8.45. The summed E-state index contributed by atoms with van der Waals surface area (Å²) < 4.78 is 71.0. The van der Waals surface area contributed by atoms with Gasteiger partial charge in [0.25, 0.3) is 0 Å². The Kier molecular flexibility index (Phi) is 3.12. The normalized spacial score (nSPS) is 15.7. The average Bonchev–Trinajstić information content (AvgIpc) is 2.14. The lowest BCUT2D eigenvalue weighted by molar-refractivity contribution is -0.138. The molecule has 0 bridgehead atoms. The minimum Gasteiger partial charge on any atom is -0.425 e. The Morgan fingerprint density at radius 2 is 1.83 bits per heavy atom. The predicted molar refractivity (Wildman–Crippen MR) is 55.4 cm³/mol. The Hall–Kier alpha value is -1.35. The molecule has 0 N–H and O–H groups in total. The quantitative estimate of drug-likeness (QED) is 0.480. The zero-order valence-corrected chi connectivity index (χ0v) is 9.86. The van der Waals surface area contributed by atoms with Crippen molar-refractivity contribution in [1.29, 1.82) is 0 Å². The smallest absolute Gasteiger partial charge is 0.337 e. The van der Waals surface area contributed by atoms with Crippen LogP contribution in [0.1, 0.15) is 0 Å². The van der Waals surface area contributed by atoms with E-state index in [2.05, 4.69) is 9.47 Å². The van der Waals surface area contributed by atoms with Gasteiger partial charge in [0.2, 0.25) is 0 Å². The second-order valence-electron chi connectivity index (χ2n) is 3.35. The largest absolute Gasteiger partial charge is 0.425 e. The maximum atomic E-state index is 12.4. The fraction of sp³-hybridized carbons (Fsp3) is 0.222. The van der Waals surface area contributed by atoms with E-state index in [-0.39, 0.29) is 12.1 Å². The lowest BCUT2D eigenvalue weighted by atomic mass is 10.3. The van der Waals surface area contributed by atoms with E-state index < -0.39 is 33.4 Å². The second-order valence-corrected chi connectivity index (χ2v) is 5.76. The van der Waals surface area contributed by atoms with Crippen molar-refractivity contribution in [1.82, 2.24) is 0 Å². The number of esters is 1.